The Hall–Kier alpha value is -0.710. The van der Waals surface area contributed by atoms with E-state index in [9.17, 15) is 0 Å². The Morgan fingerprint density at radius 3 is 2.90 bits per heavy atom. The maximum absolute atomic E-state index is 6.11. The lowest BCUT2D eigenvalue weighted by molar-refractivity contribution is -0.0874. The maximum Gasteiger partial charge on any atom is 0.0795 e. The number of rotatable bonds is 3. The molecular weight excluding hydrogens is 268 g/mol. The number of ether oxygens (including phenoxy) is 1. The van der Waals surface area contributed by atoms with E-state index in [0.717, 1.165) is 25.3 Å². The molecule has 0 radical (unpaired) electrons. The van der Waals surface area contributed by atoms with Crippen LogP contribution in [-0.4, -0.2) is 41.7 Å². The highest BCUT2D eigenvalue weighted by Gasteiger charge is 2.41. The fourth-order valence-electron chi connectivity index (χ4n) is 3.28. The summed E-state index contributed by atoms with van der Waals surface area (Å²) < 4.78 is 6.11. The molecule has 2 aliphatic rings. The van der Waals surface area contributed by atoms with Gasteiger partial charge in [-0.05, 0) is 49.8 Å². The molecule has 2 heterocycles. The summed E-state index contributed by atoms with van der Waals surface area (Å²) >= 11 is 2.04. The van der Waals surface area contributed by atoms with E-state index in [1.807, 2.05) is 23.9 Å². The van der Waals surface area contributed by atoms with Gasteiger partial charge in [0.1, 0.15) is 0 Å². The molecule has 0 aliphatic carbocycles. The molecule has 2 unspecified atom stereocenters. The largest absolute Gasteiger partial charge is 0.399 e. The molecule has 0 amide bonds. The number of hydrogen-bond donors (Lipinski definition) is 1. The van der Waals surface area contributed by atoms with Crippen LogP contribution in [-0.2, 0) is 11.3 Å². The summed E-state index contributed by atoms with van der Waals surface area (Å²) in [4.78, 5) is 2.48. The Kier molecular flexibility index (Phi) is 4.24. The van der Waals surface area contributed by atoms with E-state index >= 15 is 0 Å². The van der Waals surface area contributed by atoms with Crippen molar-refractivity contribution in [3.05, 3.63) is 29.8 Å². The van der Waals surface area contributed by atoms with Gasteiger partial charge in [-0.3, -0.25) is 4.90 Å². The lowest BCUT2D eigenvalue weighted by atomic mass is 9.89. The van der Waals surface area contributed by atoms with Crippen molar-refractivity contribution in [1.82, 2.24) is 4.90 Å². The standard InChI is InChI=1S/C16H24N2OS/c1-18(11-13-2-4-14(17)5-3-13)15-6-8-19-16(10-15)7-9-20-12-16/h2-5,15H,6-12,17H2,1H3. The Morgan fingerprint density at radius 1 is 1.40 bits per heavy atom. The second kappa shape index (κ2) is 5.96. The van der Waals surface area contributed by atoms with Crippen LogP contribution in [0.5, 0.6) is 0 Å². The fourth-order valence-corrected chi connectivity index (χ4v) is 4.66. The molecule has 4 heteroatoms. The summed E-state index contributed by atoms with van der Waals surface area (Å²) in [5.74, 6) is 2.44. The zero-order valence-corrected chi connectivity index (χ0v) is 13.0. The Labute approximate surface area is 125 Å². The zero-order valence-electron chi connectivity index (χ0n) is 12.2. The number of nitrogens with zero attached hydrogens (tertiary/aromatic N) is 1. The first kappa shape index (κ1) is 14.2. The van der Waals surface area contributed by atoms with Crippen molar-refractivity contribution in [2.75, 3.05) is 30.9 Å². The Morgan fingerprint density at radius 2 is 2.20 bits per heavy atom. The van der Waals surface area contributed by atoms with Gasteiger partial charge < -0.3 is 10.5 Å². The van der Waals surface area contributed by atoms with Gasteiger partial charge in [-0.1, -0.05) is 12.1 Å². The highest BCUT2D eigenvalue weighted by molar-refractivity contribution is 7.99. The second-order valence-corrected chi connectivity index (χ2v) is 7.24. The quantitative estimate of drug-likeness (QED) is 0.870. The van der Waals surface area contributed by atoms with Crippen LogP contribution in [0.2, 0.25) is 0 Å². The number of thioether (sulfide) groups is 1. The van der Waals surface area contributed by atoms with Gasteiger partial charge in [0.25, 0.3) is 0 Å². The monoisotopic (exact) mass is 292 g/mol. The third kappa shape index (κ3) is 3.13. The zero-order chi connectivity index (χ0) is 14.0. The van der Waals surface area contributed by atoms with Crippen molar-refractivity contribution >= 4 is 17.4 Å². The molecule has 1 spiro atoms. The highest BCUT2D eigenvalue weighted by atomic mass is 32.2. The average Bonchev–Trinajstić information content (AvgIpc) is 2.89. The van der Waals surface area contributed by atoms with Crippen molar-refractivity contribution in [3.8, 4) is 0 Å². The number of benzene rings is 1. The maximum atomic E-state index is 6.11. The summed E-state index contributed by atoms with van der Waals surface area (Å²) in [7, 11) is 2.24. The number of nitrogens with two attached hydrogens (primary N) is 1. The first-order valence-corrected chi connectivity index (χ1v) is 8.59. The normalized spacial score (nSPS) is 30.2. The van der Waals surface area contributed by atoms with E-state index in [4.69, 9.17) is 10.5 Å². The van der Waals surface area contributed by atoms with Gasteiger partial charge in [-0.15, -0.1) is 0 Å². The van der Waals surface area contributed by atoms with Crippen molar-refractivity contribution in [2.45, 2.75) is 37.5 Å². The van der Waals surface area contributed by atoms with Gasteiger partial charge in [0, 0.05) is 30.6 Å². The van der Waals surface area contributed by atoms with Crippen LogP contribution in [0.25, 0.3) is 0 Å². The molecule has 1 aromatic carbocycles. The first-order valence-electron chi connectivity index (χ1n) is 7.43. The molecule has 3 rings (SSSR count). The lowest BCUT2D eigenvalue weighted by Crippen LogP contribution is -2.47. The van der Waals surface area contributed by atoms with Crippen molar-refractivity contribution in [1.29, 1.82) is 0 Å². The van der Waals surface area contributed by atoms with Crippen LogP contribution in [0.3, 0.4) is 0 Å². The van der Waals surface area contributed by atoms with Crippen LogP contribution in [0.4, 0.5) is 5.69 Å². The lowest BCUT2D eigenvalue weighted by Gasteiger charge is -2.41. The Balaban J connectivity index is 1.61. The van der Waals surface area contributed by atoms with Crippen LogP contribution in [0.15, 0.2) is 24.3 Å². The number of hydrogen-bond acceptors (Lipinski definition) is 4. The summed E-state index contributed by atoms with van der Waals surface area (Å²) in [6.45, 7) is 1.91. The number of nitrogen functional groups attached to an aromatic ring is 1. The summed E-state index contributed by atoms with van der Waals surface area (Å²) in [6, 6.07) is 8.88. The van der Waals surface area contributed by atoms with E-state index in [0.29, 0.717) is 6.04 Å². The molecule has 1 aromatic rings. The first-order chi connectivity index (χ1) is 9.67. The number of anilines is 1. The summed E-state index contributed by atoms with van der Waals surface area (Å²) in [5.41, 5.74) is 8.09. The van der Waals surface area contributed by atoms with Crippen molar-refractivity contribution in [3.63, 3.8) is 0 Å². The highest BCUT2D eigenvalue weighted by Crippen LogP contribution is 2.39. The smallest absolute Gasteiger partial charge is 0.0795 e. The molecule has 2 N–H and O–H groups in total. The summed E-state index contributed by atoms with van der Waals surface area (Å²) in [6.07, 6.45) is 3.56. The summed E-state index contributed by atoms with van der Waals surface area (Å²) in [5, 5.41) is 0. The van der Waals surface area contributed by atoms with E-state index in [2.05, 4.69) is 24.1 Å². The van der Waals surface area contributed by atoms with E-state index in [1.54, 1.807) is 0 Å². The van der Waals surface area contributed by atoms with Crippen molar-refractivity contribution in [2.24, 2.45) is 0 Å². The molecule has 3 nitrogen and oxygen atoms in total. The second-order valence-electron chi connectivity index (χ2n) is 6.14. The van der Waals surface area contributed by atoms with Crippen LogP contribution >= 0.6 is 11.8 Å². The molecule has 2 atom stereocenters. The molecule has 0 aromatic heterocycles. The SMILES string of the molecule is CN(Cc1ccc(N)cc1)C1CCOC2(CCSC2)C1. The van der Waals surface area contributed by atoms with Gasteiger partial charge >= 0.3 is 0 Å². The molecule has 2 saturated heterocycles. The van der Waals surface area contributed by atoms with Gasteiger partial charge in [-0.25, -0.2) is 0 Å². The molecule has 2 fully saturated rings. The van der Waals surface area contributed by atoms with Gasteiger partial charge in [0.05, 0.1) is 5.60 Å². The third-order valence-electron chi connectivity index (χ3n) is 4.57. The van der Waals surface area contributed by atoms with Gasteiger partial charge in [0.15, 0.2) is 0 Å². The van der Waals surface area contributed by atoms with Crippen molar-refractivity contribution < 1.29 is 4.74 Å². The topological polar surface area (TPSA) is 38.5 Å². The molecule has 110 valence electrons. The van der Waals surface area contributed by atoms with Crippen LogP contribution in [0.1, 0.15) is 24.8 Å². The molecule has 2 aliphatic heterocycles. The molecular formula is C16H24N2OS. The van der Waals surface area contributed by atoms with E-state index in [-0.39, 0.29) is 5.60 Å². The van der Waals surface area contributed by atoms with Gasteiger partial charge in [0.2, 0.25) is 0 Å². The minimum atomic E-state index is 0.170. The van der Waals surface area contributed by atoms with Crippen LogP contribution < -0.4 is 5.73 Å². The minimum absolute atomic E-state index is 0.170. The third-order valence-corrected chi connectivity index (χ3v) is 5.79. The van der Waals surface area contributed by atoms with E-state index < -0.39 is 0 Å². The fraction of sp³-hybridized carbons (Fsp3) is 0.625. The van der Waals surface area contributed by atoms with Crippen LogP contribution in [0, 0.1) is 0 Å². The van der Waals surface area contributed by atoms with E-state index in [1.165, 1.54) is 29.9 Å². The average molecular weight is 292 g/mol. The predicted molar refractivity (Wildman–Crippen MR) is 86.0 cm³/mol. The molecule has 20 heavy (non-hydrogen) atoms. The Bertz CT molecular complexity index is 442. The predicted octanol–water partition coefficient (Wildman–Crippen LogP) is 2.76. The molecule has 0 saturated carbocycles. The van der Waals surface area contributed by atoms with Gasteiger partial charge in [-0.2, -0.15) is 11.8 Å². The minimum Gasteiger partial charge on any atom is -0.399 e. The molecule has 0 bridgehead atoms.